The summed E-state index contributed by atoms with van der Waals surface area (Å²) in [6, 6.07) is 9.89. The zero-order valence-electron chi connectivity index (χ0n) is 17.2. The molecule has 0 aromatic heterocycles. The van der Waals surface area contributed by atoms with Gasteiger partial charge in [-0.25, -0.2) is 0 Å². The highest BCUT2D eigenvalue weighted by Gasteiger charge is 2.30. The van der Waals surface area contributed by atoms with Gasteiger partial charge in [-0.05, 0) is 69.9 Å². The Labute approximate surface area is 172 Å². The lowest BCUT2D eigenvalue weighted by atomic mass is 9.93. The molecule has 2 aromatic carbocycles. The molecule has 3 rings (SSSR count). The number of ketones is 1. The van der Waals surface area contributed by atoms with Gasteiger partial charge in [-0.2, -0.15) is 0 Å². The normalized spacial score (nSPS) is 16.2. The zero-order valence-corrected chi connectivity index (χ0v) is 17.2. The van der Waals surface area contributed by atoms with E-state index in [0.29, 0.717) is 23.3 Å². The van der Waals surface area contributed by atoms with E-state index >= 15 is 0 Å². The summed E-state index contributed by atoms with van der Waals surface area (Å²) in [5.41, 5.74) is 4.52. The molecule has 0 bridgehead atoms. The number of carbonyl (C=O) groups excluding carboxylic acids is 1. The number of benzene rings is 2. The van der Waals surface area contributed by atoms with Gasteiger partial charge >= 0.3 is 0 Å². The number of Topliss-reactive ketones (excluding diaryl/α,β-unsaturated/α-hetero) is 1. The molecule has 0 saturated heterocycles. The summed E-state index contributed by atoms with van der Waals surface area (Å²) in [6.45, 7) is 6.26. The lowest BCUT2D eigenvalue weighted by Gasteiger charge is -2.27. The lowest BCUT2D eigenvalue weighted by molar-refractivity contribution is 0.0847. The largest absolute Gasteiger partial charge is 0.508 e. The minimum Gasteiger partial charge on any atom is -0.508 e. The van der Waals surface area contributed by atoms with Gasteiger partial charge < -0.3 is 14.9 Å². The van der Waals surface area contributed by atoms with Crippen LogP contribution in [-0.2, 0) is 6.42 Å². The smallest absolute Gasteiger partial charge is 0.170 e. The molecule has 0 aliphatic carbocycles. The first kappa shape index (κ1) is 20.7. The minimum atomic E-state index is -0.432. The Balaban J connectivity index is 1.85. The summed E-state index contributed by atoms with van der Waals surface area (Å²) in [5.74, 6) is 0.766. The Bertz CT molecular complexity index is 948. The fourth-order valence-corrected chi connectivity index (χ4v) is 3.47. The van der Waals surface area contributed by atoms with Gasteiger partial charge in [0.15, 0.2) is 5.78 Å². The quantitative estimate of drug-likeness (QED) is 0.588. The Morgan fingerprint density at radius 1 is 1.07 bits per heavy atom. The van der Waals surface area contributed by atoms with Crippen molar-refractivity contribution in [2.75, 3.05) is 0 Å². The van der Waals surface area contributed by atoms with Crippen LogP contribution < -0.4 is 4.74 Å². The molecule has 1 aliphatic heterocycles. The number of phenolic OH excluding ortho intramolecular Hbond substituents is 2. The molecule has 2 N–H and O–H groups in total. The standard InChI is InChI=1S/C25H28O4/c1-16(2)5-4-6-17(3)7-12-20-22(27)14-13-21-23(28)15-24(29-25(20)21)18-8-10-19(26)11-9-18/h5,7-11,13-14,24,26-27H,4,6,12,15H2,1-3H3. The first-order valence-corrected chi connectivity index (χ1v) is 9.97. The first-order chi connectivity index (χ1) is 13.8. The second kappa shape index (κ2) is 8.99. The number of rotatable bonds is 6. The number of carbonyl (C=O) groups is 1. The summed E-state index contributed by atoms with van der Waals surface area (Å²) in [5, 5.41) is 20.0. The number of fused-ring (bicyclic) bond motifs is 1. The van der Waals surface area contributed by atoms with Crippen LogP contribution in [0.2, 0.25) is 0 Å². The first-order valence-electron chi connectivity index (χ1n) is 9.97. The van der Waals surface area contributed by atoms with E-state index in [0.717, 1.165) is 18.4 Å². The SMILES string of the molecule is CC(C)=CCCC(C)=CCc1c(O)ccc2c1OC(c1ccc(O)cc1)CC2=O. The molecule has 0 saturated carbocycles. The fraction of sp³-hybridized carbons (Fsp3) is 0.320. The summed E-state index contributed by atoms with van der Waals surface area (Å²) in [6.07, 6.45) is 6.55. The van der Waals surface area contributed by atoms with Gasteiger partial charge in [0, 0.05) is 5.56 Å². The average Bonchev–Trinajstić information content (AvgIpc) is 2.67. The molecule has 4 nitrogen and oxygen atoms in total. The molecule has 1 aliphatic rings. The Morgan fingerprint density at radius 3 is 2.48 bits per heavy atom. The molecule has 4 heteroatoms. The highest BCUT2D eigenvalue weighted by molar-refractivity contribution is 6.00. The van der Waals surface area contributed by atoms with Crippen molar-refractivity contribution in [2.24, 2.45) is 0 Å². The van der Waals surface area contributed by atoms with Crippen molar-refractivity contribution < 1.29 is 19.7 Å². The molecular weight excluding hydrogens is 364 g/mol. The van der Waals surface area contributed by atoms with Crippen LogP contribution in [0.4, 0.5) is 0 Å². The third kappa shape index (κ3) is 5.08. The Hall–Kier alpha value is -3.01. The van der Waals surface area contributed by atoms with Crippen LogP contribution in [0.25, 0.3) is 0 Å². The number of hydrogen-bond donors (Lipinski definition) is 2. The summed E-state index contributed by atoms with van der Waals surface area (Å²) in [4.78, 5) is 12.7. The van der Waals surface area contributed by atoms with Crippen LogP contribution >= 0.6 is 0 Å². The third-order valence-electron chi connectivity index (χ3n) is 5.18. The third-order valence-corrected chi connectivity index (χ3v) is 5.18. The van der Waals surface area contributed by atoms with Crippen LogP contribution in [0.15, 0.2) is 59.7 Å². The van der Waals surface area contributed by atoms with Crippen molar-refractivity contribution in [2.45, 2.75) is 52.6 Å². The van der Waals surface area contributed by atoms with E-state index in [1.165, 1.54) is 11.1 Å². The maximum absolute atomic E-state index is 12.7. The van der Waals surface area contributed by atoms with Gasteiger partial charge in [0.25, 0.3) is 0 Å². The van der Waals surface area contributed by atoms with E-state index in [-0.39, 0.29) is 23.7 Å². The van der Waals surface area contributed by atoms with Crippen LogP contribution in [0, 0.1) is 0 Å². The van der Waals surface area contributed by atoms with E-state index in [4.69, 9.17) is 4.74 Å². The number of aromatic hydroxyl groups is 2. The van der Waals surface area contributed by atoms with Crippen LogP contribution in [0.1, 0.15) is 67.6 Å². The maximum Gasteiger partial charge on any atom is 0.170 e. The predicted octanol–water partition coefficient (Wildman–Crippen LogP) is 6.04. The highest BCUT2D eigenvalue weighted by Crippen LogP contribution is 2.41. The molecule has 2 aromatic rings. The van der Waals surface area contributed by atoms with Crippen LogP contribution in [-0.4, -0.2) is 16.0 Å². The Kier molecular flexibility index (Phi) is 6.42. The molecule has 1 unspecified atom stereocenters. The van der Waals surface area contributed by atoms with Gasteiger partial charge in [-0.15, -0.1) is 0 Å². The topological polar surface area (TPSA) is 66.8 Å². The van der Waals surface area contributed by atoms with Gasteiger partial charge in [0.05, 0.1) is 12.0 Å². The minimum absolute atomic E-state index is 0.00478. The molecule has 1 heterocycles. The molecule has 0 spiro atoms. The zero-order chi connectivity index (χ0) is 21.0. The number of hydrogen-bond acceptors (Lipinski definition) is 4. The summed E-state index contributed by atoms with van der Waals surface area (Å²) in [7, 11) is 0. The molecule has 152 valence electrons. The second-order valence-corrected chi connectivity index (χ2v) is 7.84. The van der Waals surface area contributed by atoms with Crippen molar-refractivity contribution in [3.8, 4) is 17.2 Å². The fourth-order valence-electron chi connectivity index (χ4n) is 3.47. The van der Waals surface area contributed by atoms with E-state index in [1.54, 1.807) is 36.4 Å². The van der Waals surface area contributed by atoms with E-state index in [2.05, 4.69) is 32.9 Å². The molecule has 0 amide bonds. The lowest BCUT2D eigenvalue weighted by Crippen LogP contribution is -2.21. The highest BCUT2D eigenvalue weighted by atomic mass is 16.5. The molecule has 29 heavy (non-hydrogen) atoms. The Morgan fingerprint density at radius 2 is 1.79 bits per heavy atom. The predicted molar refractivity (Wildman–Crippen MR) is 115 cm³/mol. The van der Waals surface area contributed by atoms with Gasteiger partial charge in [0.1, 0.15) is 23.4 Å². The van der Waals surface area contributed by atoms with Gasteiger partial charge in [0.2, 0.25) is 0 Å². The van der Waals surface area contributed by atoms with E-state index < -0.39 is 6.10 Å². The van der Waals surface area contributed by atoms with Crippen molar-refractivity contribution in [3.05, 3.63) is 76.4 Å². The monoisotopic (exact) mass is 392 g/mol. The molecule has 0 fully saturated rings. The average molecular weight is 392 g/mol. The van der Waals surface area contributed by atoms with Crippen molar-refractivity contribution >= 4 is 5.78 Å². The van der Waals surface area contributed by atoms with Crippen molar-refractivity contribution in [1.29, 1.82) is 0 Å². The van der Waals surface area contributed by atoms with Crippen LogP contribution in [0.5, 0.6) is 17.2 Å². The maximum atomic E-state index is 12.7. The van der Waals surface area contributed by atoms with Crippen molar-refractivity contribution in [1.82, 2.24) is 0 Å². The van der Waals surface area contributed by atoms with Gasteiger partial charge in [-0.1, -0.05) is 35.4 Å². The summed E-state index contributed by atoms with van der Waals surface area (Å²) < 4.78 is 6.18. The van der Waals surface area contributed by atoms with Crippen LogP contribution in [0.3, 0.4) is 0 Å². The number of ether oxygens (including phenoxy) is 1. The van der Waals surface area contributed by atoms with Gasteiger partial charge in [-0.3, -0.25) is 4.79 Å². The van der Waals surface area contributed by atoms with E-state index in [1.807, 2.05) is 0 Å². The molecule has 0 radical (unpaired) electrons. The summed E-state index contributed by atoms with van der Waals surface area (Å²) >= 11 is 0. The second-order valence-electron chi connectivity index (χ2n) is 7.84. The number of phenols is 2. The molecular formula is C25H28O4. The van der Waals surface area contributed by atoms with E-state index in [9.17, 15) is 15.0 Å². The van der Waals surface area contributed by atoms with Crippen molar-refractivity contribution in [3.63, 3.8) is 0 Å². The number of allylic oxidation sites excluding steroid dienone is 4. The molecule has 1 atom stereocenters.